The minimum absolute atomic E-state index is 0.524. The number of pyridine rings is 1. The average Bonchev–Trinajstić information content (AvgIpc) is 2.32. The molecule has 1 aromatic carbocycles. The predicted octanol–water partition coefficient (Wildman–Crippen LogP) is 3.61. The molecular weight excluding hydrogens is 269 g/mol. The fourth-order valence-electron chi connectivity index (χ4n) is 1.70. The van der Waals surface area contributed by atoms with Gasteiger partial charge in [-0.25, -0.2) is 4.98 Å². The SMILES string of the molecule is CN(Cc1ccccc1N)c1ncc(Cl)cc1Cl. The van der Waals surface area contributed by atoms with Crippen molar-refractivity contribution in [3.05, 3.63) is 52.1 Å². The molecule has 0 aliphatic rings. The lowest BCUT2D eigenvalue weighted by Crippen LogP contribution is -2.18. The van der Waals surface area contributed by atoms with Crippen molar-refractivity contribution >= 4 is 34.7 Å². The van der Waals surface area contributed by atoms with Crippen molar-refractivity contribution in [2.24, 2.45) is 0 Å². The topological polar surface area (TPSA) is 42.1 Å². The molecule has 0 unspecified atom stereocenters. The molecule has 2 aromatic rings. The van der Waals surface area contributed by atoms with Crippen molar-refractivity contribution in [2.45, 2.75) is 6.54 Å². The number of para-hydroxylation sites is 1. The minimum Gasteiger partial charge on any atom is -0.398 e. The highest BCUT2D eigenvalue weighted by Crippen LogP contribution is 2.26. The number of nitrogens with two attached hydrogens (primary N) is 1. The third-order valence-corrected chi connectivity index (χ3v) is 3.10. The molecule has 94 valence electrons. The summed E-state index contributed by atoms with van der Waals surface area (Å²) in [5.41, 5.74) is 7.70. The van der Waals surface area contributed by atoms with E-state index in [2.05, 4.69) is 4.98 Å². The smallest absolute Gasteiger partial charge is 0.147 e. The van der Waals surface area contributed by atoms with Crippen LogP contribution >= 0.6 is 23.2 Å². The van der Waals surface area contributed by atoms with Crippen molar-refractivity contribution in [1.82, 2.24) is 4.98 Å². The van der Waals surface area contributed by atoms with Crippen LogP contribution in [0, 0.1) is 0 Å². The summed E-state index contributed by atoms with van der Waals surface area (Å²) in [6.07, 6.45) is 1.58. The Labute approximate surface area is 116 Å². The molecule has 18 heavy (non-hydrogen) atoms. The van der Waals surface area contributed by atoms with Crippen LogP contribution in [0.25, 0.3) is 0 Å². The van der Waals surface area contributed by atoms with E-state index in [9.17, 15) is 0 Å². The van der Waals surface area contributed by atoms with Gasteiger partial charge in [-0.2, -0.15) is 0 Å². The van der Waals surface area contributed by atoms with Gasteiger partial charge in [-0.05, 0) is 17.7 Å². The maximum atomic E-state index is 6.11. The molecular formula is C13H13Cl2N3. The second-order valence-corrected chi connectivity index (χ2v) is 4.86. The average molecular weight is 282 g/mol. The van der Waals surface area contributed by atoms with E-state index < -0.39 is 0 Å². The third-order valence-electron chi connectivity index (χ3n) is 2.61. The van der Waals surface area contributed by atoms with Crippen molar-refractivity contribution < 1.29 is 0 Å². The van der Waals surface area contributed by atoms with Crippen LogP contribution < -0.4 is 10.6 Å². The maximum absolute atomic E-state index is 6.11. The van der Waals surface area contributed by atoms with Gasteiger partial charge in [0.2, 0.25) is 0 Å². The standard InChI is InChI=1S/C13H13Cl2N3/c1-18(8-9-4-2-3-5-12(9)16)13-11(15)6-10(14)7-17-13/h2-7H,8,16H2,1H3. The first kappa shape index (κ1) is 13.0. The lowest BCUT2D eigenvalue weighted by atomic mass is 10.2. The van der Waals surface area contributed by atoms with E-state index in [1.165, 1.54) is 0 Å². The highest BCUT2D eigenvalue weighted by Gasteiger charge is 2.10. The molecule has 0 atom stereocenters. The van der Waals surface area contributed by atoms with Crippen molar-refractivity contribution in [3.63, 3.8) is 0 Å². The second kappa shape index (κ2) is 5.46. The Morgan fingerprint density at radius 1 is 1.28 bits per heavy atom. The van der Waals surface area contributed by atoms with E-state index in [-0.39, 0.29) is 0 Å². The van der Waals surface area contributed by atoms with Gasteiger partial charge >= 0.3 is 0 Å². The predicted molar refractivity (Wildman–Crippen MR) is 77.2 cm³/mol. The van der Waals surface area contributed by atoms with Crippen molar-refractivity contribution in [1.29, 1.82) is 0 Å². The summed E-state index contributed by atoms with van der Waals surface area (Å²) in [4.78, 5) is 6.16. The first-order valence-electron chi connectivity index (χ1n) is 5.43. The van der Waals surface area contributed by atoms with Crippen LogP contribution in [0.4, 0.5) is 11.5 Å². The second-order valence-electron chi connectivity index (χ2n) is 4.01. The number of nitrogens with zero attached hydrogens (tertiary/aromatic N) is 2. The largest absolute Gasteiger partial charge is 0.398 e. The quantitative estimate of drug-likeness (QED) is 0.874. The van der Waals surface area contributed by atoms with Gasteiger partial charge < -0.3 is 10.6 Å². The summed E-state index contributed by atoms with van der Waals surface area (Å²) in [6.45, 7) is 0.640. The normalized spacial score (nSPS) is 10.4. The fraction of sp³-hybridized carbons (Fsp3) is 0.154. The van der Waals surface area contributed by atoms with Crippen molar-refractivity contribution in [3.8, 4) is 0 Å². The number of nitrogen functional groups attached to an aromatic ring is 1. The van der Waals surface area contributed by atoms with Crippen LogP contribution in [0.2, 0.25) is 10.0 Å². The number of halogens is 2. The van der Waals surface area contributed by atoms with Crippen LogP contribution in [0.15, 0.2) is 36.5 Å². The van der Waals surface area contributed by atoms with E-state index in [4.69, 9.17) is 28.9 Å². The number of hydrogen-bond donors (Lipinski definition) is 1. The molecule has 2 N–H and O–H groups in total. The summed E-state index contributed by atoms with van der Waals surface area (Å²) in [5, 5.41) is 1.05. The molecule has 0 fully saturated rings. The molecule has 0 saturated heterocycles. The maximum Gasteiger partial charge on any atom is 0.147 e. The van der Waals surface area contributed by atoms with Crippen LogP contribution in [-0.2, 0) is 6.54 Å². The Bertz CT molecular complexity index is 558. The minimum atomic E-state index is 0.524. The molecule has 0 bridgehead atoms. The van der Waals surface area contributed by atoms with E-state index in [1.807, 2.05) is 36.2 Å². The van der Waals surface area contributed by atoms with Gasteiger partial charge in [-0.3, -0.25) is 0 Å². The molecule has 5 heteroatoms. The molecule has 2 rings (SSSR count). The van der Waals surface area contributed by atoms with Gasteiger partial charge in [-0.15, -0.1) is 0 Å². The summed E-state index contributed by atoms with van der Waals surface area (Å²) < 4.78 is 0. The lowest BCUT2D eigenvalue weighted by Gasteiger charge is -2.20. The Balaban J connectivity index is 2.22. The number of hydrogen-bond acceptors (Lipinski definition) is 3. The van der Waals surface area contributed by atoms with Gasteiger partial charge in [0.1, 0.15) is 5.82 Å². The van der Waals surface area contributed by atoms with E-state index >= 15 is 0 Å². The monoisotopic (exact) mass is 281 g/mol. The van der Waals surface area contributed by atoms with Gasteiger partial charge in [0.15, 0.2) is 0 Å². The van der Waals surface area contributed by atoms with Gasteiger partial charge in [0, 0.05) is 25.5 Å². The molecule has 0 radical (unpaired) electrons. The number of aromatic nitrogens is 1. The number of anilines is 2. The first-order chi connectivity index (χ1) is 8.58. The zero-order valence-corrected chi connectivity index (χ0v) is 11.4. The molecule has 0 amide bonds. The van der Waals surface area contributed by atoms with Crippen molar-refractivity contribution in [2.75, 3.05) is 17.7 Å². The molecule has 0 aliphatic heterocycles. The van der Waals surface area contributed by atoms with Crippen LogP contribution in [0.3, 0.4) is 0 Å². The van der Waals surface area contributed by atoms with Crippen LogP contribution in [-0.4, -0.2) is 12.0 Å². The van der Waals surface area contributed by atoms with Crippen LogP contribution in [0.5, 0.6) is 0 Å². The number of rotatable bonds is 3. The van der Waals surface area contributed by atoms with Gasteiger partial charge in [-0.1, -0.05) is 41.4 Å². The molecule has 1 aromatic heterocycles. The highest BCUT2D eigenvalue weighted by molar-refractivity contribution is 6.35. The summed E-state index contributed by atoms with van der Waals surface area (Å²) >= 11 is 11.9. The molecule has 0 spiro atoms. The zero-order valence-electron chi connectivity index (χ0n) is 9.90. The third kappa shape index (κ3) is 2.86. The van der Waals surface area contributed by atoms with Gasteiger partial charge in [0.25, 0.3) is 0 Å². The summed E-state index contributed by atoms with van der Waals surface area (Å²) in [5.74, 6) is 0.685. The highest BCUT2D eigenvalue weighted by atomic mass is 35.5. The Morgan fingerprint density at radius 3 is 2.67 bits per heavy atom. The Hall–Kier alpha value is -1.45. The van der Waals surface area contributed by atoms with Crippen LogP contribution in [0.1, 0.15) is 5.56 Å². The van der Waals surface area contributed by atoms with E-state index in [1.54, 1.807) is 12.3 Å². The Morgan fingerprint density at radius 2 is 2.00 bits per heavy atom. The first-order valence-corrected chi connectivity index (χ1v) is 6.19. The lowest BCUT2D eigenvalue weighted by molar-refractivity contribution is 0.900. The van der Waals surface area contributed by atoms with Gasteiger partial charge in [0.05, 0.1) is 10.0 Å². The fourth-order valence-corrected chi connectivity index (χ4v) is 2.22. The number of benzene rings is 1. The molecule has 0 saturated carbocycles. The van der Waals surface area contributed by atoms with E-state index in [0.717, 1.165) is 11.3 Å². The Kier molecular flexibility index (Phi) is 3.94. The molecule has 1 heterocycles. The zero-order chi connectivity index (χ0) is 13.1. The molecule has 3 nitrogen and oxygen atoms in total. The summed E-state index contributed by atoms with van der Waals surface area (Å²) in [7, 11) is 1.91. The molecule has 0 aliphatic carbocycles. The van der Waals surface area contributed by atoms with E-state index in [0.29, 0.717) is 22.4 Å². The summed E-state index contributed by atoms with van der Waals surface area (Å²) in [6, 6.07) is 9.40.